The van der Waals surface area contributed by atoms with E-state index in [1.807, 2.05) is 30.3 Å². The molecule has 0 atom stereocenters. The molecule has 1 N–H and O–H groups in total. The van der Waals surface area contributed by atoms with Crippen LogP contribution in [0, 0.1) is 0 Å². The third kappa shape index (κ3) is 3.31. The Balaban J connectivity index is 1.46. The molecule has 0 aliphatic rings. The molecule has 0 saturated heterocycles. The summed E-state index contributed by atoms with van der Waals surface area (Å²) in [5.74, 6) is 1.44. The normalized spacial score (nSPS) is 11.3. The van der Waals surface area contributed by atoms with E-state index in [0.717, 1.165) is 33.8 Å². The average molecular weight is 463 g/mol. The Hall–Kier alpha value is -4.96. The first-order chi connectivity index (χ1) is 17.9. The van der Waals surface area contributed by atoms with E-state index in [2.05, 4.69) is 112 Å². The molecule has 7 rings (SSSR count). The van der Waals surface area contributed by atoms with E-state index in [1.165, 1.54) is 21.8 Å². The predicted molar refractivity (Wildman–Crippen MR) is 147 cm³/mol. The Bertz CT molecular complexity index is 1780. The van der Waals surface area contributed by atoms with Crippen LogP contribution in [0.4, 0.5) is 0 Å². The van der Waals surface area contributed by atoms with Gasteiger partial charge in [0, 0.05) is 27.5 Å². The summed E-state index contributed by atoms with van der Waals surface area (Å²) >= 11 is 0. The van der Waals surface area contributed by atoms with Gasteiger partial charge in [0.25, 0.3) is 0 Å². The first-order valence-electron chi connectivity index (χ1n) is 12.0. The van der Waals surface area contributed by atoms with Gasteiger partial charge >= 0.3 is 0 Å². The number of hydrogen-bond donors (Lipinski definition) is 1. The molecule has 0 bridgehead atoms. The molecule has 7 aromatic rings. The van der Waals surface area contributed by atoms with Crippen LogP contribution in [0.1, 0.15) is 0 Å². The molecule has 0 aliphatic heterocycles. The second-order valence-electron chi connectivity index (χ2n) is 8.84. The van der Waals surface area contributed by atoms with Crippen LogP contribution < -0.4 is 0 Å². The highest BCUT2D eigenvalue weighted by Crippen LogP contribution is 2.37. The molecule has 0 aliphatic carbocycles. The van der Waals surface area contributed by atoms with E-state index in [0.29, 0.717) is 5.82 Å². The molecule has 0 unspecified atom stereocenters. The maximum Gasteiger partial charge on any atom is 0.181 e. The number of nitrogens with one attached hydrogen (secondary N) is 1. The van der Waals surface area contributed by atoms with Gasteiger partial charge in [0.2, 0.25) is 0 Å². The predicted octanol–water partition coefficient (Wildman–Crippen LogP) is 7.90. The molecule has 0 saturated carbocycles. The van der Waals surface area contributed by atoms with Crippen LogP contribution in [-0.2, 0) is 0 Å². The topological polar surface area (TPSA) is 46.5 Å². The summed E-state index contributed by atoms with van der Waals surface area (Å²) in [6, 6.07) is 44.3. The van der Waals surface area contributed by atoms with Crippen molar-refractivity contribution in [3.8, 4) is 39.6 Å². The van der Waals surface area contributed by atoms with Crippen molar-refractivity contribution < 1.29 is 0 Å². The minimum atomic E-state index is 0.680. The van der Waals surface area contributed by atoms with Crippen LogP contribution in [0.2, 0.25) is 0 Å². The van der Waals surface area contributed by atoms with Gasteiger partial charge in [0.1, 0.15) is 0 Å². The second kappa shape index (κ2) is 8.36. The molecule has 170 valence electrons. The Morgan fingerprint density at radius 3 is 1.78 bits per heavy atom. The third-order valence-corrected chi connectivity index (χ3v) is 6.69. The molecule has 4 nitrogen and oxygen atoms in total. The maximum absolute atomic E-state index is 4.80. The summed E-state index contributed by atoms with van der Waals surface area (Å²) in [5, 5.41) is 10.1. The number of rotatable bonds is 4. The lowest BCUT2D eigenvalue weighted by Gasteiger charge is -2.15. The number of benzene rings is 5. The maximum atomic E-state index is 4.80. The highest BCUT2D eigenvalue weighted by molar-refractivity contribution is 6.09. The lowest BCUT2D eigenvalue weighted by Crippen LogP contribution is -1.98. The minimum absolute atomic E-state index is 0.680. The van der Waals surface area contributed by atoms with Crippen molar-refractivity contribution in [3.63, 3.8) is 0 Å². The lowest BCUT2D eigenvalue weighted by atomic mass is 10.00. The Morgan fingerprint density at radius 1 is 0.528 bits per heavy atom. The third-order valence-electron chi connectivity index (χ3n) is 6.69. The average Bonchev–Trinajstić information content (AvgIpc) is 3.58. The zero-order valence-corrected chi connectivity index (χ0v) is 19.5. The van der Waals surface area contributed by atoms with Crippen LogP contribution >= 0.6 is 0 Å². The van der Waals surface area contributed by atoms with E-state index in [-0.39, 0.29) is 0 Å². The highest BCUT2D eigenvalue weighted by atomic mass is 15.2. The van der Waals surface area contributed by atoms with Gasteiger partial charge in [-0.15, -0.1) is 0 Å². The van der Waals surface area contributed by atoms with Crippen LogP contribution in [0.25, 0.3) is 61.4 Å². The molecule has 5 aromatic carbocycles. The summed E-state index contributed by atoms with van der Waals surface area (Å²) in [4.78, 5) is 4.80. The molecule has 2 aromatic heterocycles. The number of H-pyrrole nitrogens is 1. The Morgan fingerprint density at radius 2 is 1.11 bits per heavy atom. The van der Waals surface area contributed by atoms with E-state index in [4.69, 9.17) is 4.98 Å². The summed E-state index contributed by atoms with van der Waals surface area (Å²) in [6.45, 7) is 0. The summed E-state index contributed by atoms with van der Waals surface area (Å²) in [5.41, 5.74) is 7.76. The summed E-state index contributed by atoms with van der Waals surface area (Å²) in [6.07, 6.45) is 0. The van der Waals surface area contributed by atoms with Gasteiger partial charge in [-0.05, 0) is 35.9 Å². The summed E-state index contributed by atoms with van der Waals surface area (Å²) in [7, 11) is 0. The molecule has 2 heterocycles. The molecule has 0 fully saturated rings. The molecule has 0 spiro atoms. The van der Waals surface area contributed by atoms with Crippen LogP contribution in [0.3, 0.4) is 0 Å². The van der Waals surface area contributed by atoms with E-state index in [9.17, 15) is 0 Å². The fourth-order valence-corrected chi connectivity index (χ4v) is 5.02. The van der Waals surface area contributed by atoms with Crippen molar-refractivity contribution in [2.45, 2.75) is 0 Å². The summed E-state index contributed by atoms with van der Waals surface area (Å²) < 4.78 is 2.37. The number of fused-ring (bicyclic) bond motifs is 3. The van der Waals surface area contributed by atoms with Crippen LogP contribution in [0.15, 0.2) is 127 Å². The monoisotopic (exact) mass is 462 g/mol. The standard InChI is InChI=1S/C32H22N4/c1-3-11-22(12-4-1)27-21-24(32-33-31(34-35-32)23-13-5-2-6-14-23)19-20-30(27)36-28-17-9-7-15-25(28)26-16-8-10-18-29(26)36/h1-21H,(H,33,34,35). The Kier molecular flexibility index (Phi) is 4.74. The van der Waals surface area contributed by atoms with E-state index < -0.39 is 0 Å². The fourth-order valence-electron chi connectivity index (χ4n) is 5.02. The van der Waals surface area contributed by atoms with Crippen LogP contribution in [-0.4, -0.2) is 19.7 Å². The first kappa shape index (κ1) is 20.4. The van der Waals surface area contributed by atoms with Crippen molar-refractivity contribution in [2.24, 2.45) is 0 Å². The minimum Gasteiger partial charge on any atom is -0.309 e. The number of aromatic nitrogens is 4. The van der Waals surface area contributed by atoms with Crippen molar-refractivity contribution >= 4 is 21.8 Å². The zero-order chi connectivity index (χ0) is 23.9. The second-order valence-corrected chi connectivity index (χ2v) is 8.84. The lowest BCUT2D eigenvalue weighted by molar-refractivity contribution is 1.10. The number of aromatic amines is 1. The Labute approximate surface area is 208 Å². The van der Waals surface area contributed by atoms with Crippen LogP contribution in [0.5, 0.6) is 0 Å². The van der Waals surface area contributed by atoms with Crippen molar-refractivity contribution in [1.82, 2.24) is 19.7 Å². The van der Waals surface area contributed by atoms with Gasteiger partial charge in [0.15, 0.2) is 11.6 Å². The first-order valence-corrected chi connectivity index (χ1v) is 12.0. The number of para-hydroxylation sites is 2. The van der Waals surface area contributed by atoms with Crippen molar-refractivity contribution in [3.05, 3.63) is 127 Å². The highest BCUT2D eigenvalue weighted by Gasteiger charge is 2.17. The van der Waals surface area contributed by atoms with Gasteiger partial charge < -0.3 is 4.57 Å². The molecule has 4 heteroatoms. The zero-order valence-electron chi connectivity index (χ0n) is 19.5. The fraction of sp³-hybridized carbons (Fsp3) is 0. The van der Waals surface area contributed by atoms with E-state index in [1.54, 1.807) is 0 Å². The van der Waals surface area contributed by atoms with Gasteiger partial charge in [-0.25, -0.2) is 4.98 Å². The number of hydrogen-bond acceptors (Lipinski definition) is 2. The van der Waals surface area contributed by atoms with Gasteiger partial charge in [-0.1, -0.05) is 97.1 Å². The van der Waals surface area contributed by atoms with Gasteiger partial charge in [0.05, 0.1) is 16.7 Å². The quantitative estimate of drug-likeness (QED) is 0.289. The number of nitrogens with zero attached hydrogens (tertiary/aromatic N) is 3. The smallest absolute Gasteiger partial charge is 0.181 e. The molecular weight excluding hydrogens is 440 g/mol. The van der Waals surface area contributed by atoms with Crippen molar-refractivity contribution in [1.29, 1.82) is 0 Å². The van der Waals surface area contributed by atoms with Gasteiger partial charge in [-0.2, -0.15) is 5.10 Å². The SMILES string of the molecule is c1ccc(-c2nc(-c3ccc(-n4c5ccccc5c5ccccc54)c(-c4ccccc4)c3)n[nH]2)cc1. The van der Waals surface area contributed by atoms with Gasteiger partial charge in [-0.3, -0.25) is 5.10 Å². The van der Waals surface area contributed by atoms with E-state index >= 15 is 0 Å². The largest absolute Gasteiger partial charge is 0.309 e. The molecule has 0 amide bonds. The molecule has 36 heavy (non-hydrogen) atoms. The molecular formula is C32H22N4. The van der Waals surface area contributed by atoms with Crippen molar-refractivity contribution in [2.75, 3.05) is 0 Å². The molecule has 0 radical (unpaired) electrons.